The molecular formula is C20H14F3NO2. The number of hydrogen-bond acceptors (Lipinski definition) is 3. The van der Waals surface area contributed by atoms with E-state index >= 15 is 0 Å². The van der Waals surface area contributed by atoms with Crippen molar-refractivity contribution < 1.29 is 17.6 Å². The summed E-state index contributed by atoms with van der Waals surface area (Å²) in [6.45, 7) is 3.82. The molecule has 1 aliphatic rings. The molecule has 132 valence electrons. The topological polar surface area (TPSA) is 43.1 Å². The SMILES string of the molecule is C=C1C=Cc2occ(-c3ncccc3C(F)(F)F)c(=O)c2C/C=C\C=C/1. The number of pyridine rings is 1. The third-order valence-electron chi connectivity index (χ3n) is 3.82. The van der Waals surface area contributed by atoms with Crippen LogP contribution in [-0.2, 0) is 12.6 Å². The van der Waals surface area contributed by atoms with Gasteiger partial charge in [0.25, 0.3) is 0 Å². The fraction of sp³-hybridized carbons (Fsp3) is 0.100. The van der Waals surface area contributed by atoms with Gasteiger partial charge in [-0.3, -0.25) is 9.78 Å². The second kappa shape index (κ2) is 7.00. The first-order valence-electron chi connectivity index (χ1n) is 7.75. The normalized spacial score (nSPS) is 16.8. The third kappa shape index (κ3) is 3.59. The Labute approximate surface area is 147 Å². The summed E-state index contributed by atoms with van der Waals surface area (Å²) in [6.07, 6.45) is 8.10. The Morgan fingerprint density at radius 2 is 1.96 bits per heavy atom. The summed E-state index contributed by atoms with van der Waals surface area (Å²) in [5.41, 5.74) is -1.22. The Morgan fingerprint density at radius 1 is 1.15 bits per heavy atom. The van der Waals surface area contributed by atoms with Gasteiger partial charge in [-0.05, 0) is 30.2 Å². The molecule has 0 N–H and O–H groups in total. The summed E-state index contributed by atoms with van der Waals surface area (Å²) in [5.74, 6) is 0.282. The van der Waals surface area contributed by atoms with Gasteiger partial charge < -0.3 is 4.42 Å². The zero-order valence-corrected chi connectivity index (χ0v) is 13.6. The molecule has 26 heavy (non-hydrogen) atoms. The number of halogens is 3. The second-order valence-corrected chi connectivity index (χ2v) is 5.62. The predicted octanol–water partition coefficient (Wildman–Crippen LogP) is 4.96. The van der Waals surface area contributed by atoms with Gasteiger partial charge in [0, 0.05) is 11.8 Å². The molecule has 0 amide bonds. The Hall–Kier alpha value is -3.15. The monoisotopic (exact) mass is 357 g/mol. The lowest BCUT2D eigenvalue weighted by Gasteiger charge is -2.12. The molecule has 0 spiro atoms. The van der Waals surface area contributed by atoms with Gasteiger partial charge >= 0.3 is 6.18 Å². The highest BCUT2D eigenvalue weighted by Crippen LogP contribution is 2.35. The molecule has 2 aromatic heterocycles. The van der Waals surface area contributed by atoms with Crippen LogP contribution in [0, 0.1) is 0 Å². The van der Waals surface area contributed by atoms with E-state index in [0.29, 0.717) is 5.57 Å². The van der Waals surface area contributed by atoms with Crippen LogP contribution < -0.4 is 5.43 Å². The maximum atomic E-state index is 13.3. The molecule has 3 rings (SSSR count). The molecule has 0 saturated heterocycles. The molecule has 0 atom stereocenters. The summed E-state index contributed by atoms with van der Waals surface area (Å²) in [7, 11) is 0. The van der Waals surface area contributed by atoms with Crippen LogP contribution in [0.5, 0.6) is 0 Å². The van der Waals surface area contributed by atoms with Crippen LogP contribution in [0.2, 0.25) is 0 Å². The van der Waals surface area contributed by atoms with Gasteiger partial charge in [0.1, 0.15) is 12.0 Å². The van der Waals surface area contributed by atoms with Crippen LogP contribution in [0.3, 0.4) is 0 Å². The maximum Gasteiger partial charge on any atom is 0.418 e. The highest BCUT2D eigenvalue weighted by Gasteiger charge is 2.35. The van der Waals surface area contributed by atoms with Crippen molar-refractivity contribution in [3.8, 4) is 11.3 Å². The van der Waals surface area contributed by atoms with Crippen LogP contribution in [0.4, 0.5) is 13.2 Å². The second-order valence-electron chi connectivity index (χ2n) is 5.62. The average Bonchev–Trinajstić information content (AvgIpc) is 2.60. The average molecular weight is 357 g/mol. The van der Waals surface area contributed by atoms with Gasteiger partial charge in [-0.2, -0.15) is 13.2 Å². The van der Waals surface area contributed by atoms with E-state index in [9.17, 15) is 18.0 Å². The van der Waals surface area contributed by atoms with Crippen molar-refractivity contribution in [2.75, 3.05) is 0 Å². The minimum Gasteiger partial charge on any atom is -0.464 e. The first kappa shape index (κ1) is 17.7. The van der Waals surface area contributed by atoms with E-state index < -0.39 is 22.9 Å². The Bertz CT molecular complexity index is 995. The molecule has 2 aromatic rings. The lowest BCUT2D eigenvalue weighted by molar-refractivity contribution is -0.137. The zero-order valence-electron chi connectivity index (χ0n) is 13.6. The Morgan fingerprint density at radius 3 is 2.73 bits per heavy atom. The third-order valence-corrected chi connectivity index (χ3v) is 3.82. The van der Waals surface area contributed by atoms with Gasteiger partial charge in [-0.25, -0.2) is 0 Å². The van der Waals surface area contributed by atoms with E-state index in [1.165, 1.54) is 12.3 Å². The summed E-state index contributed by atoms with van der Waals surface area (Å²) in [6, 6.07) is 2.07. The van der Waals surface area contributed by atoms with Crippen molar-refractivity contribution in [3.63, 3.8) is 0 Å². The number of rotatable bonds is 1. The molecule has 3 nitrogen and oxygen atoms in total. The maximum absolute atomic E-state index is 13.3. The molecule has 1 aliphatic carbocycles. The van der Waals surface area contributed by atoms with Crippen molar-refractivity contribution in [1.29, 1.82) is 0 Å². The van der Waals surface area contributed by atoms with Crippen LogP contribution in [-0.4, -0.2) is 4.98 Å². The van der Waals surface area contributed by atoms with Crippen molar-refractivity contribution in [2.24, 2.45) is 0 Å². The van der Waals surface area contributed by atoms with Gasteiger partial charge in [-0.15, -0.1) is 0 Å². The fourth-order valence-electron chi connectivity index (χ4n) is 2.55. The minimum atomic E-state index is -4.63. The molecule has 0 bridgehead atoms. The van der Waals surface area contributed by atoms with Crippen LogP contribution >= 0.6 is 0 Å². The molecule has 0 radical (unpaired) electrons. The van der Waals surface area contributed by atoms with Crippen molar-refractivity contribution in [2.45, 2.75) is 12.6 Å². The minimum absolute atomic E-state index is 0.218. The smallest absolute Gasteiger partial charge is 0.418 e. The fourth-order valence-corrected chi connectivity index (χ4v) is 2.55. The largest absolute Gasteiger partial charge is 0.464 e. The van der Waals surface area contributed by atoms with Crippen LogP contribution in [0.25, 0.3) is 17.3 Å². The van der Waals surface area contributed by atoms with E-state index in [1.807, 2.05) is 0 Å². The van der Waals surface area contributed by atoms with Gasteiger partial charge in [0.05, 0.1) is 16.8 Å². The summed E-state index contributed by atoms with van der Waals surface area (Å²) in [4.78, 5) is 16.6. The van der Waals surface area contributed by atoms with E-state index in [2.05, 4.69) is 11.6 Å². The molecule has 0 saturated carbocycles. The lowest BCUT2D eigenvalue weighted by atomic mass is 10.0. The highest BCUT2D eigenvalue weighted by atomic mass is 19.4. The molecule has 0 fully saturated rings. The number of alkyl halides is 3. The summed E-state index contributed by atoms with van der Waals surface area (Å²) in [5, 5.41) is 0. The molecular weight excluding hydrogens is 343 g/mol. The van der Waals surface area contributed by atoms with Gasteiger partial charge in [-0.1, -0.05) is 37.0 Å². The Balaban J connectivity index is 2.20. The molecule has 0 unspecified atom stereocenters. The van der Waals surface area contributed by atoms with Gasteiger partial charge in [0.2, 0.25) is 0 Å². The number of nitrogens with zero attached hydrogens (tertiary/aromatic N) is 1. The van der Waals surface area contributed by atoms with Crippen LogP contribution in [0.15, 0.2) is 76.3 Å². The predicted molar refractivity (Wildman–Crippen MR) is 93.4 cm³/mol. The molecule has 0 aliphatic heterocycles. The zero-order chi connectivity index (χ0) is 18.7. The molecule has 6 heteroatoms. The summed E-state index contributed by atoms with van der Waals surface area (Å²) < 4.78 is 45.2. The Kier molecular flexibility index (Phi) is 4.75. The van der Waals surface area contributed by atoms with Gasteiger partial charge in [0.15, 0.2) is 5.43 Å². The van der Waals surface area contributed by atoms with Crippen molar-refractivity contribution >= 4 is 6.08 Å². The number of allylic oxidation sites excluding steroid dienone is 6. The first-order valence-corrected chi connectivity index (χ1v) is 7.75. The number of fused-ring (bicyclic) bond motifs is 1. The molecule has 2 heterocycles. The summed E-state index contributed by atoms with van der Waals surface area (Å²) >= 11 is 0. The number of aromatic nitrogens is 1. The first-order chi connectivity index (χ1) is 12.4. The van der Waals surface area contributed by atoms with E-state index in [0.717, 1.165) is 12.3 Å². The quantitative estimate of drug-likeness (QED) is 0.725. The standard InChI is InChI=1S/C20H14F3NO2/c1-13-6-3-2-4-7-14-17(10-9-13)26-12-15(19(14)25)18-16(20(21,22)23)8-5-11-24-18/h2-6,8-12H,1,7H2/b4-2-,6-3-,10-9?. The van der Waals surface area contributed by atoms with Crippen LogP contribution in [0.1, 0.15) is 16.9 Å². The van der Waals surface area contributed by atoms with E-state index in [4.69, 9.17) is 4.42 Å². The van der Waals surface area contributed by atoms with Crippen molar-refractivity contribution in [1.82, 2.24) is 4.98 Å². The van der Waals surface area contributed by atoms with E-state index in [-0.39, 0.29) is 23.3 Å². The number of hydrogen-bond donors (Lipinski definition) is 0. The van der Waals surface area contributed by atoms with E-state index in [1.54, 1.807) is 36.5 Å². The van der Waals surface area contributed by atoms with Crippen molar-refractivity contribution in [3.05, 3.63) is 94.2 Å². The lowest BCUT2D eigenvalue weighted by Crippen LogP contribution is -2.16. The highest BCUT2D eigenvalue weighted by molar-refractivity contribution is 5.65. The molecule has 0 aromatic carbocycles.